The van der Waals surface area contributed by atoms with Crippen LogP contribution in [-0.2, 0) is 16.4 Å². The van der Waals surface area contributed by atoms with E-state index in [-0.39, 0.29) is 19.0 Å². The van der Waals surface area contributed by atoms with Gasteiger partial charge in [-0.3, -0.25) is 0 Å². The van der Waals surface area contributed by atoms with Crippen LogP contribution < -0.4 is 4.72 Å². The zero-order chi connectivity index (χ0) is 14.6. The molecule has 0 aliphatic rings. The van der Waals surface area contributed by atoms with E-state index in [1.807, 2.05) is 12.1 Å². The van der Waals surface area contributed by atoms with Crippen LogP contribution in [-0.4, -0.2) is 21.2 Å². The van der Waals surface area contributed by atoms with E-state index in [2.05, 4.69) is 4.72 Å². The Morgan fingerprint density at radius 2 is 1.67 bits per heavy atom. The summed E-state index contributed by atoms with van der Waals surface area (Å²) in [6.07, 6.45) is 0.431. The van der Waals surface area contributed by atoms with Crippen molar-refractivity contribution in [2.24, 2.45) is 0 Å². The van der Waals surface area contributed by atoms with Crippen molar-refractivity contribution in [2.45, 2.75) is 13.8 Å². The van der Waals surface area contributed by atoms with E-state index in [9.17, 15) is 12.8 Å². The minimum absolute atomic E-state index is 0. The molecule has 0 amide bonds. The highest BCUT2D eigenvalue weighted by molar-refractivity contribution is 7.89. The van der Waals surface area contributed by atoms with Gasteiger partial charge in [-0.25, -0.2) is 17.5 Å². The molecule has 2 aromatic carbocycles. The normalized spacial score (nSPS) is 11.0. The number of hydrogen-bond acceptors (Lipinski definition) is 2. The molecule has 21 heavy (non-hydrogen) atoms. The Bertz CT molecular complexity index is 682. The molecule has 0 saturated carbocycles. The number of benzene rings is 2. The number of aryl methyl sites for hydroxylation is 1. The van der Waals surface area contributed by atoms with E-state index in [0.717, 1.165) is 11.1 Å². The Morgan fingerprint density at radius 3 is 2.24 bits per heavy atom. The zero-order valence-electron chi connectivity index (χ0n) is 11.1. The quantitative estimate of drug-likeness (QED) is 0.922. The number of hydrogen-bond donors (Lipinski definition) is 1. The lowest BCUT2D eigenvalue weighted by Gasteiger charge is -2.06. The van der Waals surface area contributed by atoms with E-state index < -0.39 is 10.0 Å². The molecule has 5 heteroatoms. The van der Waals surface area contributed by atoms with E-state index >= 15 is 0 Å². The van der Waals surface area contributed by atoms with Crippen LogP contribution in [0.1, 0.15) is 13.0 Å². The highest BCUT2D eigenvalue weighted by Crippen LogP contribution is 2.22. The fourth-order valence-electron chi connectivity index (χ4n) is 1.90. The lowest BCUT2D eigenvalue weighted by molar-refractivity contribution is 0.587. The van der Waals surface area contributed by atoms with Gasteiger partial charge in [-0.1, -0.05) is 49.9 Å². The standard InChI is InChI=1S/C15H16FNO2S.CH4/c1-17-20(18,19)11-10-12-6-8-13(9-7-12)14-4-2-3-5-15(14)16;/h2-9,17H,10-11H2,1H3;1H4. The van der Waals surface area contributed by atoms with Crippen molar-refractivity contribution < 1.29 is 12.8 Å². The molecule has 0 spiro atoms. The fraction of sp³-hybridized carbons (Fsp3) is 0.250. The second-order valence-corrected chi connectivity index (χ2v) is 6.50. The molecule has 0 saturated heterocycles. The monoisotopic (exact) mass is 309 g/mol. The first kappa shape index (κ1) is 17.3. The Labute approximate surface area is 125 Å². The van der Waals surface area contributed by atoms with Crippen LogP contribution in [0, 0.1) is 5.82 Å². The third-order valence-corrected chi connectivity index (χ3v) is 4.47. The average Bonchev–Trinajstić information content (AvgIpc) is 2.46. The van der Waals surface area contributed by atoms with Crippen LogP contribution in [0.2, 0.25) is 0 Å². The van der Waals surface area contributed by atoms with Gasteiger partial charge >= 0.3 is 0 Å². The van der Waals surface area contributed by atoms with Gasteiger partial charge in [0, 0.05) is 5.56 Å². The van der Waals surface area contributed by atoms with Gasteiger partial charge in [-0.15, -0.1) is 0 Å². The highest BCUT2D eigenvalue weighted by Gasteiger charge is 2.08. The van der Waals surface area contributed by atoms with Crippen molar-refractivity contribution in [3.05, 3.63) is 59.9 Å². The summed E-state index contributed by atoms with van der Waals surface area (Å²) in [4.78, 5) is 0. The average molecular weight is 309 g/mol. The third-order valence-electron chi connectivity index (χ3n) is 3.11. The first-order chi connectivity index (χ1) is 9.52. The smallest absolute Gasteiger partial charge is 0.211 e. The van der Waals surface area contributed by atoms with Gasteiger partial charge in [0.2, 0.25) is 10.0 Å². The van der Waals surface area contributed by atoms with Gasteiger partial charge < -0.3 is 0 Å². The Kier molecular flexibility index (Phi) is 6.05. The molecular formula is C16H20FNO2S. The van der Waals surface area contributed by atoms with Gasteiger partial charge in [-0.2, -0.15) is 0 Å². The SMILES string of the molecule is C.CNS(=O)(=O)CCc1ccc(-c2ccccc2F)cc1. The Balaban J connectivity index is 0.00000220. The maximum Gasteiger partial charge on any atom is 0.211 e. The zero-order valence-corrected chi connectivity index (χ0v) is 12.0. The summed E-state index contributed by atoms with van der Waals surface area (Å²) in [6.45, 7) is 0. The van der Waals surface area contributed by atoms with Crippen LogP contribution >= 0.6 is 0 Å². The number of nitrogens with one attached hydrogen (secondary N) is 1. The lowest BCUT2D eigenvalue weighted by Crippen LogP contribution is -2.23. The molecular weight excluding hydrogens is 289 g/mol. The number of rotatable bonds is 5. The fourth-order valence-corrected chi connectivity index (χ4v) is 2.61. The molecule has 2 aromatic rings. The summed E-state index contributed by atoms with van der Waals surface area (Å²) in [5.41, 5.74) is 2.23. The summed E-state index contributed by atoms with van der Waals surface area (Å²) in [6, 6.07) is 13.8. The van der Waals surface area contributed by atoms with Gasteiger partial charge in [0.05, 0.1) is 5.75 Å². The van der Waals surface area contributed by atoms with Gasteiger partial charge in [0.1, 0.15) is 5.82 Å². The van der Waals surface area contributed by atoms with E-state index in [1.54, 1.807) is 30.3 Å². The van der Waals surface area contributed by atoms with Crippen molar-refractivity contribution in [1.82, 2.24) is 4.72 Å². The molecule has 0 bridgehead atoms. The molecule has 0 aromatic heterocycles. The molecule has 0 radical (unpaired) electrons. The van der Waals surface area contributed by atoms with Crippen LogP contribution in [0.15, 0.2) is 48.5 Å². The van der Waals surface area contributed by atoms with Crippen LogP contribution in [0.4, 0.5) is 4.39 Å². The predicted octanol–water partition coefficient (Wildman–Crippen LogP) is 3.22. The lowest BCUT2D eigenvalue weighted by atomic mass is 10.0. The maximum atomic E-state index is 13.6. The van der Waals surface area contributed by atoms with E-state index in [4.69, 9.17) is 0 Å². The number of halogens is 1. The minimum Gasteiger partial charge on any atom is -0.218 e. The summed E-state index contributed by atoms with van der Waals surface area (Å²) >= 11 is 0. The number of sulfonamides is 1. The summed E-state index contributed by atoms with van der Waals surface area (Å²) in [5, 5.41) is 0. The molecule has 0 aliphatic heterocycles. The topological polar surface area (TPSA) is 46.2 Å². The summed E-state index contributed by atoms with van der Waals surface area (Å²) in [7, 11) is -1.80. The molecule has 0 aliphatic carbocycles. The summed E-state index contributed by atoms with van der Waals surface area (Å²) in [5.74, 6) is -0.222. The van der Waals surface area contributed by atoms with Gasteiger partial charge in [-0.05, 0) is 30.7 Å². The predicted molar refractivity (Wildman–Crippen MR) is 85.1 cm³/mol. The Morgan fingerprint density at radius 1 is 1.05 bits per heavy atom. The van der Waals surface area contributed by atoms with Gasteiger partial charge in [0.25, 0.3) is 0 Å². The highest BCUT2D eigenvalue weighted by atomic mass is 32.2. The molecule has 0 atom stereocenters. The van der Waals surface area contributed by atoms with E-state index in [0.29, 0.717) is 12.0 Å². The van der Waals surface area contributed by atoms with Crippen LogP contribution in [0.3, 0.4) is 0 Å². The van der Waals surface area contributed by atoms with Crippen molar-refractivity contribution in [3.8, 4) is 11.1 Å². The third kappa shape index (κ3) is 4.65. The Hall–Kier alpha value is -1.72. The second-order valence-electron chi connectivity index (χ2n) is 4.45. The maximum absolute atomic E-state index is 13.6. The van der Waals surface area contributed by atoms with Crippen molar-refractivity contribution in [1.29, 1.82) is 0 Å². The molecule has 0 heterocycles. The van der Waals surface area contributed by atoms with Crippen molar-refractivity contribution in [3.63, 3.8) is 0 Å². The molecule has 0 unspecified atom stereocenters. The molecule has 2 rings (SSSR count). The molecule has 0 fully saturated rings. The molecule has 1 N–H and O–H groups in total. The van der Waals surface area contributed by atoms with Crippen LogP contribution in [0.5, 0.6) is 0 Å². The van der Waals surface area contributed by atoms with Crippen molar-refractivity contribution >= 4 is 10.0 Å². The first-order valence-corrected chi connectivity index (χ1v) is 7.92. The van der Waals surface area contributed by atoms with Gasteiger partial charge in [0.15, 0.2) is 0 Å². The second kappa shape index (κ2) is 7.33. The van der Waals surface area contributed by atoms with Crippen molar-refractivity contribution in [2.75, 3.05) is 12.8 Å². The van der Waals surface area contributed by atoms with E-state index in [1.165, 1.54) is 13.1 Å². The molecule has 3 nitrogen and oxygen atoms in total. The minimum atomic E-state index is -3.20. The largest absolute Gasteiger partial charge is 0.218 e. The summed E-state index contributed by atoms with van der Waals surface area (Å²) < 4.78 is 38.6. The van der Waals surface area contributed by atoms with Crippen LogP contribution in [0.25, 0.3) is 11.1 Å². The first-order valence-electron chi connectivity index (χ1n) is 6.27. The molecule has 114 valence electrons.